The summed E-state index contributed by atoms with van der Waals surface area (Å²) in [5.74, 6) is 2.22. The van der Waals surface area contributed by atoms with Crippen LogP contribution < -0.4 is 22.1 Å². The highest BCUT2D eigenvalue weighted by Gasteiger charge is 2.50. The molecule has 0 unspecified atom stereocenters. The number of aryl methyl sites for hydroxylation is 3. The molecule has 32 heteroatoms. The number of guanidine groups is 1. The minimum absolute atomic E-state index is 0.0317. The summed E-state index contributed by atoms with van der Waals surface area (Å²) in [6.45, 7) is 29.6. The number of nitrogens with zero attached hydrogens (tertiary/aromatic N) is 11. The molecule has 0 aliphatic carbocycles. The third-order valence-corrected chi connectivity index (χ3v) is 17.7. The average molecular weight is 1320 g/mol. The molecular weight excluding hydrogens is 1220 g/mol. The van der Waals surface area contributed by atoms with Crippen LogP contribution in [0.25, 0.3) is 0 Å². The molecule has 6 bridgehead atoms. The predicted molar refractivity (Wildman–Crippen MR) is 334 cm³/mol. The molecule has 0 aromatic carbocycles. The smallest absolute Gasteiger partial charge is 0.418 e. The van der Waals surface area contributed by atoms with E-state index < -0.39 is 44.9 Å². The Hall–Kier alpha value is -6.55. The summed E-state index contributed by atoms with van der Waals surface area (Å²) in [5.41, 5.74) is 14.4. The van der Waals surface area contributed by atoms with Crippen LogP contribution in [0.5, 0.6) is 0 Å². The molecule has 0 radical (unpaired) electrons. The molecule has 3 aromatic heterocycles. The molecule has 91 heavy (non-hydrogen) atoms. The number of hydrogen-bond donors (Lipinski definition) is 6. The van der Waals surface area contributed by atoms with Crippen molar-refractivity contribution in [3.63, 3.8) is 0 Å². The van der Waals surface area contributed by atoms with Crippen molar-refractivity contribution in [2.45, 2.75) is 206 Å². The van der Waals surface area contributed by atoms with Crippen LogP contribution in [0, 0.1) is 0 Å². The summed E-state index contributed by atoms with van der Waals surface area (Å²) >= 11 is 0. The second kappa shape index (κ2) is 34.9. The number of hydroxylamine groups is 6. The molecule has 6 atom stereocenters. The van der Waals surface area contributed by atoms with Crippen molar-refractivity contribution in [3.05, 3.63) is 77.1 Å². The monoisotopic (exact) mass is 1320 g/mol. The van der Waals surface area contributed by atoms with E-state index in [9.17, 15) is 41.0 Å². The lowest BCUT2D eigenvalue weighted by Crippen LogP contribution is -2.50. The number of urea groups is 3. The molecule has 3 aromatic rings. The molecule has 512 valence electrons. The van der Waals surface area contributed by atoms with Crippen LogP contribution in [0.3, 0.4) is 0 Å². The third kappa shape index (κ3) is 22.1. The maximum Gasteiger partial charge on any atom is 0.418 e. The van der Waals surface area contributed by atoms with E-state index in [-0.39, 0.29) is 49.2 Å². The molecule has 6 aliphatic rings. The van der Waals surface area contributed by atoms with Gasteiger partial charge in [-0.2, -0.15) is 22.8 Å². The zero-order valence-corrected chi connectivity index (χ0v) is 55.5. The van der Waals surface area contributed by atoms with Crippen molar-refractivity contribution >= 4 is 44.9 Å². The van der Waals surface area contributed by atoms with Crippen LogP contribution in [0.4, 0.5) is 14.4 Å². The van der Waals surface area contributed by atoms with Crippen LogP contribution in [0.1, 0.15) is 203 Å². The minimum Gasteiger partial charge on any atom is -0.724 e. The molecular formula is C59H99N15O15S2. The lowest BCUT2D eigenvalue weighted by molar-refractivity contribution is -0.929. The molecule has 0 spiro atoms. The number of hydrogen-bond acceptors (Lipinski definition) is 20. The summed E-state index contributed by atoms with van der Waals surface area (Å²) in [5, 5.41) is 30.4. The Balaban J connectivity index is 0.000000196. The van der Waals surface area contributed by atoms with E-state index in [4.69, 9.17) is 29.6 Å². The van der Waals surface area contributed by atoms with Crippen molar-refractivity contribution in [2.75, 3.05) is 65.4 Å². The Morgan fingerprint density at radius 1 is 0.615 bits per heavy atom. The van der Waals surface area contributed by atoms with Gasteiger partial charge in [0, 0.05) is 88.1 Å². The SMILES string of the molecule is C=C(C)NCCCc1cc([C@@H]2CC[C@@H]3CN2C(=O)N3O)no1.C=C(C)NCCCc1cc([C@@H]2CC[C@@H]3CN2C(=O)N3OS(=O)(=O)[O-])no1.CCCC[N+](CCCC)(CCCC)CCCC.NC(N)=NCCCc1cc([C@@H]2CC[C@@H]3CN2C(=O)N3OS(=O)(=O)O)no1. The van der Waals surface area contributed by atoms with Gasteiger partial charge in [-0.05, 0) is 97.3 Å². The molecule has 6 saturated heterocycles. The second-order valence-corrected chi connectivity index (χ2v) is 26.3. The van der Waals surface area contributed by atoms with Crippen molar-refractivity contribution < 1.29 is 72.2 Å². The van der Waals surface area contributed by atoms with Gasteiger partial charge >= 0.3 is 28.5 Å². The summed E-state index contributed by atoms with van der Waals surface area (Å²) in [4.78, 5) is 45.2. The first-order chi connectivity index (χ1) is 43.3. The quantitative estimate of drug-likeness (QED) is 0.00647. The van der Waals surface area contributed by atoms with Gasteiger partial charge < -0.3 is 59.4 Å². The Kier molecular flexibility index (Phi) is 28.2. The summed E-state index contributed by atoms with van der Waals surface area (Å²) in [7, 11) is -9.75. The lowest BCUT2D eigenvalue weighted by Gasteiger charge is -2.39. The Morgan fingerprint density at radius 3 is 1.34 bits per heavy atom. The van der Waals surface area contributed by atoms with Gasteiger partial charge in [-0.15, -0.1) is 4.28 Å². The zero-order chi connectivity index (χ0) is 66.5. The number of nitrogens with one attached hydrogen (secondary N) is 2. The van der Waals surface area contributed by atoms with E-state index in [0.29, 0.717) is 91.1 Å². The molecule has 30 nitrogen and oxygen atoms in total. The van der Waals surface area contributed by atoms with Gasteiger partial charge in [0.2, 0.25) is 10.4 Å². The summed E-state index contributed by atoms with van der Waals surface area (Å²) in [6, 6.07) is 2.16. The molecule has 6 aliphatic heterocycles. The van der Waals surface area contributed by atoms with Gasteiger partial charge in [0.05, 0.1) is 62.4 Å². The van der Waals surface area contributed by atoms with Crippen LogP contribution in [-0.2, 0) is 48.6 Å². The van der Waals surface area contributed by atoms with Gasteiger partial charge in [0.1, 0.15) is 34.4 Å². The van der Waals surface area contributed by atoms with Gasteiger partial charge in [-0.3, -0.25) is 14.8 Å². The van der Waals surface area contributed by atoms with Crippen LogP contribution in [-0.4, -0.2) is 189 Å². The van der Waals surface area contributed by atoms with Crippen molar-refractivity contribution in [1.82, 2.24) is 56.0 Å². The van der Waals surface area contributed by atoms with Gasteiger partial charge in [-0.1, -0.05) is 82.0 Å². The van der Waals surface area contributed by atoms with Crippen LogP contribution in [0.15, 0.2) is 61.3 Å². The Labute approximate surface area is 536 Å². The summed E-state index contributed by atoms with van der Waals surface area (Å²) < 4.78 is 89.2. The summed E-state index contributed by atoms with van der Waals surface area (Å²) in [6.07, 6.45) is 19.4. The number of carbonyl (C=O) groups excluding carboxylic acids is 3. The first-order valence-corrected chi connectivity index (χ1v) is 34.9. The highest BCUT2D eigenvalue weighted by Crippen LogP contribution is 2.41. The topological polar surface area (TPSA) is 387 Å². The van der Waals surface area contributed by atoms with Gasteiger partial charge in [-0.25, -0.2) is 27.9 Å². The van der Waals surface area contributed by atoms with Crippen molar-refractivity contribution in [3.8, 4) is 0 Å². The lowest BCUT2D eigenvalue weighted by atomic mass is 9.98. The number of rotatable bonds is 33. The van der Waals surface area contributed by atoms with E-state index in [2.05, 4.69) is 80.5 Å². The number of piperidine rings is 3. The maximum absolute atomic E-state index is 12.4. The highest BCUT2D eigenvalue weighted by atomic mass is 32.3. The van der Waals surface area contributed by atoms with E-state index in [1.54, 1.807) is 11.0 Å². The third-order valence-electron chi connectivity index (χ3n) is 17.0. The number of allylic oxidation sites excluding steroid dienone is 2. The first-order valence-electron chi connectivity index (χ1n) is 32.2. The fourth-order valence-corrected chi connectivity index (χ4v) is 13.1. The van der Waals surface area contributed by atoms with E-state index >= 15 is 0 Å². The first kappa shape index (κ1) is 73.5. The normalized spacial score (nSPS) is 21.0. The van der Waals surface area contributed by atoms with Crippen LogP contribution in [0.2, 0.25) is 0 Å². The number of amides is 6. The van der Waals surface area contributed by atoms with E-state index in [0.717, 1.165) is 73.1 Å². The van der Waals surface area contributed by atoms with Gasteiger partial charge in [0.25, 0.3) is 0 Å². The molecule has 9 heterocycles. The number of carbonyl (C=O) groups is 3. The van der Waals surface area contributed by atoms with Crippen LogP contribution >= 0.6 is 0 Å². The standard InChI is InChI=1S/C16H36N.C15H22N4O6S.C15H22N4O3.C13H20N6O6S/c1-5-9-13-17(14-10-6-2,15-11-7-3)16-12-8-4;1-10(2)16-7-3-4-12-8-13(17-24-12)14-6-5-11-9-18(14)15(20)19(11)25-26(21,22)23;1-10(2)16-7-3-4-12-8-13(17-22-12)14-6-5-11-9-18(14)15(20)19(11)21;14-12(15)16-5-1-2-9-6-10(17-24-9)11-4-3-8-7-18(11)13(20)19(8)25-26(21,22)23/h5-16H2,1-4H3;8,11,14,16H,1,3-7,9H2,2H3,(H,21,22,23);8,11,14,16,21H,1,3-7,9H2,2H3;6,8,11H,1-5,7H2,(H4,14,15,16)(H,21,22,23)/q+1;;;/p-1/t;2*11-,14+;8-,11+/m.111/s1. The highest BCUT2D eigenvalue weighted by molar-refractivity contribution is 7.81. The fourth-order valence-electron chi connectivity index (χ4n) is 12.3. The maximum atomic E-state index is 12.4. The Morgan fingerprint density at radius 2 is 0.978 bits per heavy atom. The number of fused-ring (bicyclic) bond motifs is 6. The zero-order valence-electron chi connectivity index (χ0n) is 53.9. The number of quaternary nitrogens is 1. The van der Waals surface area contributed by atoms with Crippen molar-refractivity contribution in [1.29, 1.82) is 0 Å². The van der Waals surface area contributed by atoms with Crippen molar-refractivity contribution in [2.24, 2.45) is 16.5 Å². The second-order valence-electron chi connectivity index (χ2n) is 24.4. The number of aliphatic imine (C=N–C) groups is 1. The predicted octanol–water partition coefficient (Wildman–Crippen LogP) is 7.68. The fraction of sp³-hybridized carbons (Fsp3) is 0.712. The molecule has 8 N–H and O–H groups in total. The van der Waals surface area contributed by atoms with Gasteiger partial charge in [0.15, 0.2) is 5.96 Å². The number of unbranched alkanes of at least 4 members (excludes halogenated alkanes) is 4. The Bertz CT molecular complexity index is 3040. The largest absolute Gasteiger partial charge is 0.724 e. The molecule has 9 rings (SSSR count). The minimum atomic E-state index is -4.99. The number of aromatic nitrogens is 3. The number of nitrogens with two attached hydrogens (primary N) is 2. The average Bonchev–Trinajstić information content (AvgIpc) is 1.70. The van der Waals surface area contributed by atoms with E-state index in [1.807, 2.05) is 26.0 Å². The van der Waals surface area contributed by atoms with E-state index in [1.165, 1.54) is 91.8 Å². The molecule has 6 amide bonds. The molecule has 0 saturated carbocycles. The molecule has 6 fully saturated rings.